The number of hydrogen-bond acceptors (Lipinski definition) is 10. The van der Waals surface area contributed by atoms with Gasteiger partial charge in [0.25, 0.3) is 0 Å². The van der Waals surface area contributed by atoms with Crippen LogP contribution in [0.2, 0.25) is 0 Å². The fourth-order valence-electron chi connectivity index (χ4n) is 10.8. The summed E-state index contributed by atoms with van der Waals surface area (Å²) in [6.07, 6.45) is 1.69. The maximum Gasteiger partial charge on any atom is 0.0999 e. The van der Waals surface area contributed by atoms with Crippen LogP contribution in [0, 0.1) is 102 Å². The van der Waals surface area contributed by atoms with E-state index in [-0.39, 0.29) is 0 Å². The van der Waals surface area contributed by atoms with Crippen LogP contribution in [0.15, 0.2) is 182 Å². The molecule has 0 N–H and O–H groups in total. The molecular formula is C68H30N12. The molecule has 12 heteroatoms. The Balaban J connectivity index is 1.13. The van der Waals surface area contributed by atoms with Crippen LogP contribution in [0.4, 0.5) is 0 Å². The Morgan fingerprint density at radius 1 is 0.275 bits per heavy atom. The highest BCUT2D eigenvalue weighted by atomic mass is 15.0. The zero-order valence-electron chi connectivity index (χ0n) is 41.7. The largest absolute Gasteiger partial charge is 0.309 e. The normalized spacial score (nSPS) is 10.6. The molecule has 362 valence electrons. The smallest absolute Gasteiger partial charge is 0.0999 e. The highest BCUT2D eigenvalue weighted by molar-refractivity contribution is 6.14. The predicted octanol–water partition coefficient (Wildman–Crippen LogP) is 14.5. The van der Waals surface area contributed by atoms with E-state index in [1.807, 2.05) is 97.1 Å². The second-order valence-electron chi connectivity index (χ2n) is 18.9. The lowest BCUT2D eigenvalue weighted by Gasteiger charge is -2.19. The molecule has 3 aromatic heterocycles. The van der Waals surface area contributed by atoms with Gasteiger partial charge in [0.1, 0.15) is 0 Å². The molecule has 0 bridgehead atoms. The fraction of sp³-hybridized carbons (Fsp3) is 0. The van der Waals surface area contributed by atoms with E-state index < -0.39 is 0 Å². The van der Waals surface area contributed by atoms with Crippen LogP contribution in [0.25, 0.3) is 111 Å². The summed E-state index contributed by atoms with van der Waals surface area (Å²) < 4.78 is 4.18. The molecule has 0 amide bonds. The second-order valence-corrected chi connectivity index (χ2v) is 18.9. The average molecular weight is 1020 g/mol. The van der Waals surface area contributed by atoms with Gasteiger partial charge in [0.15, 0.2) is 0 Å². The summed E-state index contributed by atoms with van der Waals surface area (Å²) in [6, 6.07) is 73.0. The van der Waals surface area contributed by atoms with Crippen molar-refractivity contribution >= 4 is 43.6 Å². The number of rotatable bonds is 7. The molecule has 0 aliphatic rings. The van der Waals surface area contributed by atoms with E-state index >= 15 is 0 Å². The second kappa shape index (κ2) is 19.4. The van der Waals surface area contributed by atoms with Gasteiger partial charge in [0, 0.05) is 33.3 Å². The third kappa shape index (κ3) is 8.08. The predicted molar refractivity (Wildman–Crippen MR) is 303 cm³/mol. The standard InChI is InChI=1S/C68H30N12/c69-31-40-15-41(32-70)20-53(19-40)48-6-10-61-57(27-48)58-28-49(54-21-42(33-71)16-43(22-54)34-72)7-11-62(58)79(61)65-4-1-3-52(39-77)67(65)68-66(5-2-14-78-68)80-63-12-8-50(55-23-44(35-73)17-45(24-55)36-74)29-59(63)60-30-51(9-13-64(60)80)56-25-46(37-75)18-47(26-56)38-76/h1-30H. The Hall–Kier alpha value is -12.9. The molecule has 0 aliphatic heterocycles. The number of fused-ring (bicyclic) bond motifs is 6. The minimum Gasteiger partial charge on any atom is -0.309 e. The minimum atomic E-state index is 0.335. The van der Waals surface area contributed by atoms with Gasteiger partial charge < -0.3 is 9.13 Å². The molecular weight excluding hydrogens is 985 g/mol. The Morgan fingerprint density at radius 2 is 0.575 bits per heavy atom. The minimum absolute atomic E-state index is 0.335. The van der Waals surface area contributed by atoms with Crippen molar-refractivity contribution in [1.29, 1.82) is 47.4 Å². The molecule has 0 fully saturated rings. The van der Waals surface area contributed by atoms with Crippen molar-refractivity contribution in [2.75, 3.05) is 0 Å². The maximum absolute atomic E-state index is 11.2. The molecule has 0 saturated heterocycles. The van der Waals surface area contributed by atoms with Crippen LogP contribution in [0.1, 0.15) is 50.1 Å². The van der Waals surface area contributed by atoms with Crippen molar-refractivity contribution in [3.8, 4) is 122 Å². The zero-order chi connectivity index (χ0) is 55.2. The van der Waals surface area contributed by atoms with Crippen LogP contribution in [0.5, 0.6) is 0 Å². The van der Waals surface area contributed by atoms with Gasteiger partial charge in [-0.15, -0.1) is 0 Å². The van der Waals surface area contributed by atoms with E-state index in [0.717, 1.165) is 65.9 Å². The highest BCUT2D eigenvalue weighted by Crippen LogP contribution is 2.44. The van der Waals surface area contributed by atoms with Crippen molar-refractivity contribution in [2.45, 2.75) is 0 Å². The molecule has 0 atom stereocenters. The first-order valence-electron chi connectivity index (χ1n) is 24.7. The SMILES string of the molecule is N#Cc1cc(C#N)cc(-c2ccc3c(c2)c2cc(-c4cc(C#N)cc(C#N)c4)ccc2n3-c2cccnc2-c2c(C#N)cccc2-n2c3ccc(-c4cc(C#N)cc(C#N)c4)cc3c3cc(-c4cc(C#N)cc(C#N)c4)ccc32)c1. The number of pyridine rings is 1. The van der Waals surface area contributed by atoms with Gasteiger partial charge in [-0.2, -0.15) is 47.4 Å². The van der Waals surface area contributed by atoms with Crippen LogP contribution < -0.4 is 0 Å². The number of nitrogens with zero attached hydrogens (tertiary/aromatic N) is 12. The van der Waals surface area contributed by atoms with Crippen molar-refractivity contribution in [3.05, 3.63) is 232 Å². The zero-order valence-corrected chi connectivity index (χ0v) is 41.7. The Labute approximate surface area is 456 Å². The molecule has 3 heterocycles. The summed E-state index contributed by atoms with van der Waals surface area (Å²) in [4.78, 5) is 5.12. The van der Waals surface area contributed by atoms with E-state index in [4.69, 9.17) is 4.98 Å². The molecule has 0 aliphatic carbocycles. The van der Waals surface area contributed by atoms with E-state index in [1.165, 1.54) is 0 Å². The van der Waals surface area contributed by atoms with Gasteiger partial charge in [-0.1, -0.05) is 30.3 Å². The first kappa shape index (κ1) is 48.1. The van der Waals surface area contributed by atoms with Gasteiger partial charge in [-0.05, 0) is 190 Å². The van der Waals surface area contributed by atoms with E-state index in [9.17, 15) is 47.4 Å². The summed E-state index contributed by atoms with van der Waals surface area (Å²) in [5.41, 5.74) is 14.0. The molecule has 0 unspecified atom stereocenters. The number of hydrogen-bond donors (Lipinski definition) is 0. The van der Waals surface area contributed by atoms with Crippen molar-refractivity contribution < 1.29 is 0 Å². The monoisotopic (exact) mass is 1010 g/mol. The lowest BCUT2D eigenvalue weighted by molar-refractivity contribution is 1.13. The van der Waals surface area contributed by atoms with Crippen LogP contribution in [-0.2, 0) is 0 Å². The lowest BCUT2D eigenvalue weighted by Crippen LogP contribution is -2.04. The highest BCUT2D eigenvalue weighted by Gasteiger charge is 2.25. The number of nitriles is 9. The molecule has 12 nitrogen and oxygen atoms in total. The van der Waals surface area contributed by atoms with Crippen LogP contribution in [-0.4, -0.2) is 14.1 Å². The molecule has 0 spiro atoms. The van der Waals surface area contributed by atoms with Gasteiger partial charge in [-0.3, -0.25) is 4.98 Å². The van der Waals surface area contributed by atoms with Gasteiger partial charge in [0.2, 0.25) is 0 Å². The van der Waals surface area contributed by atoms with Gasteiger partial charge in [-0.25, -0.2) is 0 Å². The van der Waals surface area contributed by atoms with Crippen LogP contribution >= 0.6 is 0 Å². The fourth-order valence-corrected chi connectivity index (χ4v) is 10.8. The maximum atomic E-state index is 11.2. The quantitative estimate of drug-likeness (QED) is 0.146. The summed E-state index contributed by atoms with van der Waals surface area (Å²) in [5.74, 6) is 0. The van der Waals surface area contributed by atoms with Gasteiger partial charge in [0.05, 0.1) is 144 Å². The molecule has 12 rings (SSSR count). The van der Waals surface area contributed by atoms with Crippen molar-refractivity contribution in [2.24, 2.45) is 0 Å². The molecule has 0 radical (unpaired) electrons. The molecule has 12 aromatic rings. The Kier molecular flexibility index (Phi) is 11.7. The van der Waals surface area contributed by atoms with E-state index in [1.54, 1.807) is 85.1 Å². The summed E-state index contributed by atoms with van der Waals surface area (Å²) in [5, 5.41) is 93.8. The first-order valence-corrected chi connectivity index (χ1v) is 24.7. The van der Waals surface area contributed by atoms with E-state index in [2.05, 4.69) is 63.8 Å². The number of aromatic nitrogens is 3. The number of benzene rings is 9. The van der Waals surface area contributed by atoms with Crippen molar-refractivity contribution in [3.63, 3.8) is 0 Å². The first-order chi connectivity index (χ1) is 39.2. The Morgan fingerprint density at radius 3 is 0.875 bits per heavy atom. The summed E-state index contributed by atoms with van der Waals surface area (Å²) in [7, 11) is 0. The average Bonchev–Trinajstić information content (AvgIpc) is 4.21. The Bertz CT molecular complexity index is 4750. The van der Waals surface area contributed by atoms with Crippen LogP contribution in [0.3, 0.4) is 0 Å². The molecule has 0 saturated carbocycles. The van der Waals surface area contributed by atoms with E-state index in [0.29, 0.717) is 95.0 Å². The van der Waals surface area contributed by atoms with Gasteiger partial charge >= 0.3 is 0 Å². The third-order valence-corrected chi connectivity index (χ3v) is 14.3. The third-order valence-electron chi connectivity index (χ3n) is 14.3. The molecule has 9 aromatic carbocycles. The van der Waals surface area contributed by atoms with Crippen molar-refractivity contribution in [1.82, 2.24) is 14.1 Å². The summed E-state index contributed by atoms with van der Waals surface area (Å²) in [6.45, 7) is 0. The lowest BCUT2D eigenvalue weighted by atomic mass is 9.97. The topological polar surface area (TPSA) is 237 Å². The summed E-state index contributed by atoms with van der Waals surface area (Å²) >= 11 is 0. The molecule has 80 heavy (non-hydrogen) atoms.